The lowest BCUT2D eigenvalue weighted by Crippen LogP contribution is -2.25. The molecule has 25 heavy (non-hydrogen) atoms. The van der Waals surface area contributed by atoms with Crippen LogP contribution in [-0.2, 0) is 4.79 Å². The van der Waals surface area contributed by atoms with Crippen molar-refractivity contribution in [1.82, 2.24) is 15.5 Å². The third-order valence-electron chi connectivity index (χ3n) is 3.02. The van der Waals surface area contributed by atoms with Gasteiger partial charge in [0.05, 0.1) is 13.2 Å². The van der Waals surface area contributed by atoms with Crippen molar-refractivity contribution in [3.05, 3.63) is 42.1 Å². The van der Waals surface area contributed by atoms with Crippen LogP contribution < -0.4 is 20.1 Å². The Hall–Kier alpha value is -3.16. The zero-order valence-corrected chi connectivity index (χ0v) is 14.1. The maximum atomic E-state index is 12.1. The molecule has 0 fully saturated rings. The minimum absolute atomic E-state index is 0.0981. The Balaban J connectivity index is 1.85. The Morgan fingerprint density at radius 3 is 2.40 bits per heavy atom. The van der Waals surface area contributed by atoms with Crippen LogP contribution in [0.2, 0.25) is 0 Å². The predicted octanol–water partition coefficient (Wildman–Crippen LogP) is 1.64. The first-order valence-corrected chi connectivity index (χ1v) is 7.83. The molecule has 1 heterocycles. The van der Waals surface area contributed by atoms with Crippen LogP contribution in [0.25, 0.3) is 0 Å². The van der Waals surface area contributed by atoms with Gasteiger partial charge in [-0.3, -0.25) is 9.59 Å². The van der Waals surface area contributed by atoms with Gasteiger partial charge in [0, 0.05) is 18.7 Å². The number of rotatable bonds is 8. The molecule has 0 bridgehead atoms. The van der Waals surface area contributed by atoms with Gasteiger partial charge in [0.25, 0.3) is 5.91 Å². The Kier molecular flexibility index (Phi) is 6.70. The molecule has 2 N–H and O–H groups in total. The summed E-state index contributed by atoms with van der Waals surface area (Å²) in [6.45, 7) is 4.58. The van der Waals surface area contributed by atoms with E-state index in [2.05, 4.69) is 20.8 Å². The van der Waals surface area contributed by atoms with Crippen molar-refractivity contribution in [3.63, 3.8) is 0 Å². The van der Waals surface area contributed by atoms with Crippen molar-refractivity contribution in [2.45, 2.75) is 13.8 Å². The van der Waals surface area contributed by atoms with Crippen LogP contribution in [-0.4, -0.2) is 41.8 Å². The van der Waals surface area contributed by atoms with Crippen LogP contribution in [0.4, 0.5) is 5.69 Å². The second-order valence-electron chi connectivity index (χ2n) is 5.00. The first-order chi connectivity index (χ1) is 12.1. The molecule has 0 aliphatic carbocycles. The lowest BCUT2D eigenvalue weighted by Gasteiger charge is -2.08. The highest BCUT2D eigenvalue weighted by Gasteiger charge is 2.09. The van der Waals surface area contributed by atoms with Crippen molar-refractivity contribution < 1.29 is 19.1 Å². The predicted molar refractivity (Wildman–Crippen MR) is 91.8 cm³/mol. The maximum absolute atomic E-state index is 12.1. The van der Waals surface area contributed by atoms with E-state index in [1.54, 1.807) is 36.4 Å². The number of ether oxygens (including phenoxy) is 2. The number of anilines is 1. The number of nitrogens with one attached hydrogen (secondary N) is 2. The molecule has 2 rings (SSSR count). The number of aromatic nitrogens is 2. The first kappa shape index (κ1) is 18.2. The van der Waals surface area contributed by atoms with E-state index in [1.165, 1.54) is 6.92 Å². The van der Waals surface area contributed by atoms with Crippen molar-refractivity contribution in [2.24, 2.45) is 0 Å². The lowest BCUT2D eigenvalue weighted by atomic mass is 10.3. The molecule has 0 unspecified atom stereocenters. The number of carbonyl (C=O) groups is 2. The minimum atomic E-state index is -0.366. The smallest absolute Gasteiger partial charge is 0.276 e. The van der Waals surface area contributed by atoms with Gasteiger partial charge in [-0.15, -0.1) is 10.2 Å². The van der Waals surface area contributed by atoms with Gasteiger partial charge in [-0.05, 0) is 37.3 Å². The molecule has 0 atom stereocenters. The van der Waals surface area contributed by atoms with Crippen LogP contribution in [0.15, 0.2) is 36.4 Å². The average Bonchev–Trinajstić information content (AvgIpc) is 2.61. The fraction of sp³-hybridized carbons (Fsp3) is 0.294. The molecule has 0 radical (unpaired) electrons. The van der Waals surface area contributed by atoms with E-state index < -0.39 is 0 Å². The fourth-order valence-corrected chi connectivity index (χ4v) is 1.89. The number of hydrogen-bond acceptors (Lipinski definition) is 6. The highest BCUT2D eigenvalue weighted by molar-refractivity contribution is 6.02. The number of benzene rings is 1. The summed E-state index contributed by atoms with van der Waals surface area (Å²) in [6.07, 6.45) is 0. The molecule has 0 saturated heterocycles. The molecule has 2 aromatic rings. The molecular weight excluding hydrogens is 324 g/mol. The van der Waals surface area contributed by atoms with E-state index in [0.717, 1.165) is 0 Å². The number of amides is 2. The molecule has 8 heteroatoms. The molecule has 8 nitrogen and oxygen atoms in total. The van der Waals surface area contributed by atoms with E-state index in [0.29, 0.717) is 37.1 Å². The molecule has 0 aliphatic heterocycles. The summed E-state index contributed by atoms with van der Waals surface area (Å²) in [6, 6.07) is 10.0. The zero-order chi connectivity index (χ0) is 18.1. The monoisotopic (exact) mass is 344 g/mol. The van der Waals surface area contributed by atoms with E-state index in [1.807, 2.05) is 6.92 Å². The molecule has 0 aliphatic rings. The minimum Gasteiger partial charge on any atom is -0.492 e. The van der Waals surface area contributed by atoms with E-state index in [9.17, 15) is 9.59 Å². The Bertz CT molecular complexity index is 702. The fourth-order valence-electron chi connectivity index (χ4n) is 1.89. The molecule has 0 saturated carbocycles. The third-order valence-corrected chi connectivity index (χ3v) is 3.02. The second kappa shape index (κ2) is 9.21. The van der Waals surface area contributed by atoms with Gasteiger partial charge in [0.2, 0.25) is 11.8 Å². The number of hydrogen-bond donors (Lipinski definition) is 2. The number of nitrogens with zero attached hydrogens (tertiary/aromatic N) is 2. The summed E-state index contributed by atoms with van der Waals surface area (Å²) < 4.78 is 10.7. The Labute approximate surface area is 145 Å². The summed E-state index contributed by atoms with van der Waals surface area (Å²) in [5.41, 5.74) is 0.800. The van der Waals surface area contributed by atoms with Crippen LogP contribution in [0.3, 0.4) is 0 Å². The number of carbonyl (C=O) groups excluding carboxylic acids is 2. The maximum Gasteiger partial charge on any atom is 0.276 e. The van der Waals surface area contributed by atoms with Gasteiger partial charge in [0.15, 0.2) is 5.69 Å². The molecule has 0 spiro atoms. The third kappa shape index (κ3) is 6.09. The average molecular weight is 344 g/mol. The van der Waals surface area contributed by atoms with Gasteiger partial charge < -0.3 is 20.1 Å². The van der Waals surface area contributed by atoms with E-state index >= 15 is 0 Å². The van der Waals surface area contributed by atoms with Crippen molar-refractivity contribution in [2.75, 3.05) is 25.1 Å². The zero-order valence-electron chi connectivity index (χ0n) is 14.1. The van der Waals surface area contributed by atoms with Crippen molar-refractivity contribution in [3.8, 4) is 11.6 Å². The van der Waals surface area contributed by atoms with Crippen molar-refractivity contribution in [1.29, 1.82) is 0 Å². The molecule has 2 amide bonds. The quantitative estimate of drug-likeness (QED) is 0.706. The van der Waals surface area contributed by atoms with Gasteiger partial charge in [-0.25, -0.2) is 0 Å². The van der Waals surface area contributed by atoms with Crippen LogP contribution >= 0.6 is 0 Å². The van der Waals surface area contributed by atoms with Gasteiger partial charge in [0.1, 0.15) is 12.4 Å². The molecule has 1 aromatic carbocycles. The first-order valence-electron chi connectivity index (χ1n) is 7.83. The highest BCUT2D eigenvalue weighted by atomic mass is 16.5. The standard InChI is InChI=1S/C17H20N4O4/c1-3-24-16-9-8-15(20-21-16)17(23)19-13-4-6-14(7-5-13)25-11-10-18-12(2)22/h4-9H,3,10-11H2,1-2H3,(H,18,22)(H,19,23). The van der Waals surface area contributed by atoms with E-state index in [4.69, 9.17) is 9.47 Å². The summed E-state index contributed by atoms with van der Waals surface area (Å²) in [7, 11) is 0. The second-order valence-corrected chi connectivity index (χ2v) is 5.00. The van der Waals surface area contributed by atoms with Gasteiger partial charge in [-0.2, -0.15) is 0 Å². The molecule has 132 valence electrons. The normalized spacial score (nSPS) is 10.0. The summed E-state index contributed by atoms with van der Waals surface area (Å²) >= 11 is 0. The highest BCUT2D eigenvalue weighted by Crippen LogP contribution is 2.16. The molecular formula is C17H20N4O4. The largest absolute Gasteiger partial charge is 0.492 e. The summed E-state index contributed by atoms with van der Waals surface area (Å²) in [4.78, 5) is 22.9. The van der Waals surface area contributed by atoms with Gasteiger partial charge >= 0.3 is 0 Å². The Morgan fingerprint density at radius 1 is 1.04 bits per heavy atom. The topological polar surface area (TPSA) is 102 Å². The van der Waals surface area contributed by atoms with E-state index in [-0.39, 0.29) is 17.5 Å². The summed E-state index contributed by atoms with van der Waals surface area (Å²) in [5.74, 6) is 0.554. The lowest BCUT2D eigenvalue weighted by molar-refractivity contribution is -0.119. The SMILES string of the molecule is CCOc1ccc(C(=O)Nc2ccc(OCCNC(C)=O)cc2)nn1. The van der Waals surface area contributed by atoms with Crippen LogP contribution in [0.5, 0.6) is 11.6 Å². The van der Waals surface area contributed by atoms with Crippen LogP contribution in [0, 0.1) is 0 Å². The van der Waals surface area contributed by atoms with Crippen LogP contribution in [0.1, 0.15) is 24.3 Å². The summed E-state index contributed by atoms with van der Waals surface area (Å²) in [5, 5.41) is 13.0. The Morgan fingerprint density at radius 2 is 1.80 bits per heavy atom. The molecule has 1 aromatic heterocycles. The van der Waals surface area contributed by atoms with Crippen molar-refractivity contribution >= 4 is 17.5 Å². The van der Waals surface area contributed by atoms with Gasteiger partial charge in [-0.1, -0.05) is 0 Å².